The number of nitrogen functional groups attached to an aromatic ring is 1. The number of hydrogen-bond acceptors (Lipinski definition) is 6. The first-order valence-electron chi connectivity index (χ1n) is 8.20. The summed E-state index contributed by atoms with van der Waals surface area (Å²) in [5, 5.41) is 3.05. The maximum atomic E-state index is 12.2. The zero-order valence-corrected chi connectivity index (χ0v) is 16.2. The zero-order valence-electron chi connectivity index (χ0n) is 15.4. The number of nitrogens with two attached hydrogens (primary N) is 1. The highest BCUT2D eigenvalue weighted by molar-refractivity contribution is 6.31. The van der Waals surface area contributed by atoms with Gasteiger partial charge >= 0.3 is 5.97 Å². The Morgan fingerprint density at radius 2 is 1.82 bits per heavy atom. The summed E-state index contributed by atoms with van der Waals surface area (Å²) >= 11 is 5.92. The number of esters is 1. The standard InChI is InChI=1S/C19H20ClN3O5/c1-23(10-17(24)22-15-9-13(20)5-8-16(15)27-2)18(25)11-28-19(26)12-3-6-14(21)7-4-12/h3-9H,10-11,21H2,1-2H3,(H,22,24). The Morgan fingerprint density at radius 3 is 2.46 bits per heavy atom. The van der Waals surface area contributed by atoms with Crippen molar-refractivity contribution in [2.75, 3.05) is 38.4 Å². The molecule has 0 aliphatic heterocycles. The highest BCUT2D eigenvalue weighted by Crippen LogP contribution is 2.27. The van der Waals surface area contributed by atoms with Crippen LogP contribution in [0.4, 0.5) is 11.4 Å². The van der Waals surface area contributed by atoms with Gasteiger partial charge in [0.25, 0.3) is 5.91 Å². The Morgan fingerprint density at radius 1 is 1.14 bits per heavy atom. The predicted octanol–water partition coefficient (Wildman–Crippen LogP) is 2.18. The molecule has 0 atom stereocenters. The minimum absolute atomic E-state index is 0.242. The molecule has 0 bridgehead atoms. The smallest absolute Gasteiger partial charge is 0.338 e. The molecule has 2 rings (SSSR count). The number of ether oxygens (including phenoxy) is 2. The fourth-order valence-corrected chi connectivity index (χ4v) is 2.38. The van der Waals surface area contributed by atoms with Gasteiger partial charge in [-0.15, -0.1) is 0 Å². The normalized spacial score (nSPS) is 10.1. The number of likely N-dealkylation sites (N-methyl/N-ethyl adjacent to an activating group) is 1. The average molecular weight is 406 g/mol. The van der Waals surface area contributed by atoms with E-state index in [4.69, 9.17) is 26.8 Å². The molecule has 0 fully saturated rings. The number of carbonyl (C=O) groups excluding carboxylic acids is 3. The lowest BCUT2D eigenvalue weighted by Crippen LogP contribution is -2.37. The molecule has 8 nitrogen and oxygen atoms in total. The van der Waals surface area contributed by atoms with Crippen molar-refractivity contribution in [3.05, 3.63) is 53.1 Å². The Bertz CT molecular complexity index is 870. The summed E-state index contributed by atoms with van der Waals surface area (Å²) in [5.74, 6) is -1.21. The van der Waals surface area contributed by atoms with Crippen LogP contribution in [0, 0.1) is 0 Å². The molecule has 0 saturated heterocycles. The van der Waals surface area contributed by atoms with Gasteiger partial charge < -0.3 is 25.4 Å². The second-order valence-electron chi connectivity index (χ2n) is 5.84. The predicted molar refractivity (Wildman–Crippen MR) is 105 cm³/mol. The monoisotopic (exact) mass is 405 g/mol. The number of nitrogens with zero attached hydrogens (tertiary/aromatic N) is 1. The molecule has 0 radical (unpaired) electrons. The Labute approximate surface area is 167 Å². The molecule has 148 valence electrons. The van der Waals surface area contributed by atoms with Crippen molar-refractivity contribution in [2.24, 2.45) is 0 Å². The molecule has 0 aromatic heterocycles. The van der Waals surface area contributed by atoms with Crippen LogP contribution in [0.3, 0.4) is 0 Å². The van der Waals surface area contributed by atoms with Crippen LogP contribution in [0.5, 0.6) is 5.75 Å². The summed E-state index contributed by atoms with van der Waals surface area (Å²) in [7, 11) is 2.89. The first-order chi connectivity index (χ1) is 13.3. The van der Waals surface area contributed by atoms with Crippen LogP contribution in [0.25, 0.3) is 0 Å². The van der Waals surface area contributed by atoms with Crippen molar-refractivity contribution >= 4 is 40.8 Å². The van der Waals surface area contributed by atoms with Crippen molar-refractivity contribution in [2.45, 2.75) is 0 Å². The third kappa shape index (κ3) is 5.88. The largest absolute Gasteiger partial charge is 0.495 e. The Balaban J connectivity index is 1.86. The van der Waals surface area contributed by atoms with E-state index in [2.05, 4.69) is 5.32 Å². The first-order valence-corrected chi connectivity index (χ1v) is 8.58. The topological polar surface area (TPSA) is 111 Å². The van der Waals surface area contributed by atoms with Gasteiger partial charge in [0.15, 0.2) is 6.61 Å². The van der Waals surface area contributed by atoms with E-state index in [0.717, 1.165) is 4.90 Å². The van der Waals surface area contributed by atoms with Gasteiger partial charge in [-0.1, -0.05) is 11.6 Å². The van der Waals surface area contributed by atoms with Gasteiger partial charge in [-0.2, -0.15) is 0 Å². The third-order valence-electron chi connectivity index (χ3n) is 3.72. The summed E-state index contributed by atoms with van der Waals surface area (Å²) in [6, 6.07) is 10.9. The Hall–Kier alpha value is -3.26. The molecule has 2 amide bonds. The van der Waals surface area contributed by atoms with Gasteiger partial charge in [-0.05, 0) is 42.5 Å². The quantitative estimate of drug-likeness (QED) is 0.539. The van der Waals surface area contributed by atoms with Crippen LogP contribution in [0.15, 0.2) is 42.5 Å². The summed E-state index contributed by atoms with van der Waals surface area (Å²) in [5.41, 5.74) is 6.72. The highest BCUT2D eigenvalue weighted by Gasteiger charge is 2.17. The maximum Gasteiger partial charge on any atom is 0.338 e. The van der Waals surface area contributed by atoms with Gasteiger partial charge in [0.2, 0.25) is 5.91 Å². The Kier molecular flexibility index (Phi) is 7.22. The van der Waals surface area contributed by atoms with E-state index in [1.807, 2.05) is 0 Å². The van der Waals surface area contributed by atoms with Gasteiger partial charge in [-0.3, -0.25) is 9.59 Å². The second kappa shape index (κ2) is 9.61. The SMILES string of the molecule is COc1ccc(Cl)cc1NC(=O)CN(C)C(=O)COC(=O)c1ccc(N)cc1. The number of amides is 2. The molecule has 0 heterocycles. The zero-order chi connectivity index (χ0) is 20.7. The lowest BCUT2D eigenvalue weighted by Gasteiger charge is -2.17. The first kappa shape index (κ1) is 21.0. The van der Waals surface area contributed by atoms with Gasteiger partial charge in [0.1, 0.15) is 5.75 Å². The minimum atomic E-state index is -0.658. The van der Waals surface area contributed by atoms with Crippen molar-refractivity contribution in [1.82, 2.24) is 4.90 Å². The number of halogens is 1. The molecule has 0 aliphatic rings. The number of methoxy groups -OCH3 is 1. The number of rotatable bonds is 7. The number of anilines is 2. The number of benzene rings is 2. The van der Waals surface area contributed by atoms with E-state index < -0.39 is 24.4 Å². The summed E-state index contributed by atoms with van der Waals surface area (Å²) in [6.07, 6.45) is 0. The molecule has 3 N–H and O–H groups in total. The second-order valence-corrected chi connectivity index (χ2v) is 6.28. The van der Waals surface area contributed by atoms with Gasteiger partial charge in [-0.25, -0.2) is 4.79 Å². The molecule has 0 unspecified atom stereocenters. The average Bonchev–Trinajstić information content (AvgIpc) is 2.66. The van der Waals surface area contributed by atoms with Crippen LogP contribution >= 0.6 is 11.6 Å². The lowest BCUT2D eigenvalue weighted by atomic mass is 10.2. The van der Waals surface area contributed by atoms with Crippen molar-refractivity contribution in [3.63, 3.8) is 0 Å². The molecule has 0 saturated carbocycles. The third-order valence-corrected chi connectivity index (χ3v) is 3.95. The maximum absolute atomic E-state index is 12.2. The molecule has 0 aliphatic carbocycles. The summed E-state index contributed by atoms with van der Waals surface area (Å²) < 4.78 is 10.1. The van der Waals surface area contributed by atoms with E-state index >= 15 is 0 Å². The van der Waals surface area contributed by atoms with E-state index in [0.29, 0.717) is 22.1 Å². The lowest BCUT2D eigenvalue weighted by molar-refractivity contribution is -0.136. The number of hydrogen-bond donors (Lipinski definition) is 2. The van der Waals surface area contributed by atoms with Crippen LogP contribution < -0.4 is 15.8 Å². The van der Waals surface area contributed by atoms with Crippen LogP contribution in [0.2, 0.25) is 5.02 Å². The molecular weight excluding hydrogens is 386 g/mol. The number of nitrogens with one attached hydrogen (secondary N) is 1. The summed E-state index contributed by atoms with van der Waals surface area (Å²) in [6.45, 7) is -0.735. The van der Waals surface area contributed by atoms with Crippen molar-refractivity contribution in [1.29, 1.82) is 0 Å². The highest BCUT2D eigenvalue weighted by atomic mass is 35.5. The molecule has 2 aromatic carbocycles. The van der Waals surface area contributed by atoms with E-state index in [1.54, 1.807) is 24.3 Å². The summed E-state index contributed by atoms with van der Waals surface area (Å²) in [4.78, 5) is 37.3. The molecule has 0 spiro atoms. The molecular formula is C19H20ClN3O5. The van der Waals surface area contributed by atoms with Crippen molar-refractivity contribution < 1.29 is 23.9 Å². The van der Waals surface area contributed by atoms with E-state index in [9.17, 15) is 14.4 Å². The van der Waals surface area contributed by atoms with E-state index in [1.165, 1.54) is 32.4 Å². The van der Waals surface area contributed by atoms with Gasteiger partial charge in [0.05, 0.1) is 24.9 Å². The fraction of sp³-hybridized carbons (Fsp3) is 0.211. The van der Waals surface area contributed by atoms with Crippen LogP contribution in [0.1, 0.15) is 10.4 Å². The van der Waals surface area contributed by atoms with Crippen molar-refractivity contribution in [3.8, 4) is 5.75 Å². The van der Waals surface area contributed by atoms with Gasteiger partial charge in [0, 0.05) is 17.8 Å². The fourth-order valence-electron chi connectivity index (χ4n) is 2.21. The molecule has 28 heavy (non-hydrogen) atoms. The number of carbonyl (C=O) groups is 3. The van der Waals surface area contributed by atoms with Crippen LogP contribution in [-0.4, -0.2) is 50.0 Å². The molecule has 2 aromatic rings. The van der Waals surface area contributed by atoms with E-state index in [-0.39, 0.29) is 12.1 Å². The van der Waals surface area contributed by atoms with Crippen LogP contribution in [-0.2, 0) is 14.3 Å². The minimum Gasteiger partial charge on any atom is -0.495 e. The molecule has 9 heteroatoms.